The highest BCUT2D eigenvalue weighted by Gasteiger charge is 2.52. The van der Waals surface area contributed by atoms with Gasteiger partial charge in [0.1, 0.15) is 5.60 Å². The molecule has 0 N–H and O–H groups in total. The summed E-state index contributed by atoms with van der Waals surface area (Å²) in [5.74, 6) is -2.60. The number of ether oxygens (including phenoxy) is 4. The number of halogens is 1. The van der Waals surface area contributed by atoms with E-state index >= 15 is 4.39 Å². The Morgan fingerprint density at radius 3 is 1.80 bits per heavy atom. The molecule has 3 aromatic rings. The molecule has 0 aromatic heterocycles. The molecule has 1 fully saturated rings. The third-order valence-electron chi connectivity index (χ3n) is 6.44. The summed E-state index contributed by atoms with van der Waals surface area (Å²) in [7, 11) is -4.76. The Labute approximate surface area is 266 Å². The Bertz CT molecular complexity index is 1500. The summed E-state index contributed by atoms with van der Waals surface area (Å²) >= 11 is 0. The Morgan fingerprint density at radius 1 is 0.783 bits per heavy atom. The number of alkyl halides is 1. The highest BCUT2D eigenvalue weighted by Crippen LogP contribution is 2.53. The second-order valence-electron chi connectivity index (χ2n) is 11.3. The Kier molecular flexibility index (Phi) is 11.8. The average Bonchev–Trinajstić information content (AvgIpc) is 3.03. The molecule has 246 valence electrons. The first-order valence-corrected chi connectivity index (χ1v) is 15.9. The van der Waals surface area contributed by atoms with Crippen LogP contribution in [0.4, 0.5) is 4.39 Å². The molecule has 1 heterocycles. The molecule has 0 spiro atoms. The topological polar surface area (TPSA) is 133 Å². The number of hydrogen-bond donors (Lipinski definition) is 0. The third kappa shape index (κ3) is 10.0. The summed E-state index contributed by atoms with van der Waals surface area (Å²) < 4.78 is 68.5. The second kappa shape index (κ2) is 15.6. The van der Waals surface area contributed by atoms with Crippen LogP contribution in [0.2, 0.25) is 0 Å². The van der Waals surface area contributed by atoms with Gasteiger partial charge in [0.25, 0.3) is 0 Å². The predicted molar refractivity (Wildman–Crippen MR) is 162 cm³/mol. The zero-order valence-corrected chi connectivity index (χ0v) is 26.7. The van der Waals surface area contributed by atoms with Crippen molar-refractivity contribution in [2.75, 3.05) is 6.61 Å². The molecule has 0 bridgehead atoms. The van der Waals surface area contributed by atoms with Gasteiger partial charge in [-0.2, -0.15) is 0 Å². The molecule has 1 aliphatic rings. The van der Waals surface area contributed by atoms with E-state index in [1.807, 2.05) is 0 Å². The minimum Gasteiger partial charge on any atom is -0.458 e. The van der Waals surface area contributed by atoms with Gasteiger partial charge in [-0.15, -0.1) is 0 Å². The molecule has 0 aliphatic carbocycles. The van der Waals surface area contributed by atoms with Crippen LogP contribution in [0.3, 0.4) is 0 Å². The SMILES string of the molecule is C[C@@H]1O[C@@H](OP(=O)(OCC(=O)OC(C)(C)C)OCc2ccccc2)[C@@H](F)[C@H](OC(=O)c2ccccc2)[C@@H]1OC(=O)c1ccccc1. The molecule has 3 aromatic carbocycles. The molecule has 0 amide bonds. The summed E-state index contributed by atoms with van der Waals surface area (Å²) in [4.78, 5) is 38.4. The quantitative estimate of drug-likeness (QED) is 0.125. The molecule has 0 radical (unpaired) electrons. The van der Waals surface area contributed by atoms with Crippen LogP contribution in [-0.2, 0) is 48.5 Å². The molecule has 6 atom stereocenters. The van der Waals surface area contributed by atoms with Crippen molar-refractivity contribution in [1.29, 1.82) is 0 Å². The standard InChI is InChI=1S/C33H36FO11P/c1-22-28(42-30(36)24-16-10-6-11-17-24)29(43-31(37)25-18-12-7-13-19-25)27(34)32(41-22)45-46(38,39-20-23-14-8-5-9-15-23)40-21-26(35)44-33(2,3)4/h5-19,22,27-29,32H,20-21H2,1-4H3/t22-,27-,28+,29-,32-,46?/m0/s1. The number of phosphoric acid groups is 1. The van der Waals surface area contributed by atoms with E-state index in [1.165, 1.54) is 31.2 Å². The van der Waals surface area contributed by atoms with Crippen molar-refractivity contribution in [2.45, 2.75) is 70.7 Å². The van der Waals surface area contributed by atoms with Gasteiger partial charge in [-0.3, -0.25) is 13.6 Å². The van der Waals surface area contributed by atoms with E-state index in [0.717, 1.165) is 0 Å². The zero-order chi connectivity index (χ0) is 33.3. The predicted octanol–water partition coefficient (Wildman–Crippen LogP) is 6.22. The second-order valence-corrected chi connectivity index (χ2v) is 12.9. The highest BCUT2D eigenvalue weighted by atomic mass is 31.2. The van der Waals surface area contributed by atoms with Crippen molar-refractivity contribution in [3.05, 3.63) is 108 Å². The van der Waals surface area contributed by atoms with Crippen LogP contribution in [0.5, 0.6) is 0 Å². The monoisotopic (exact) mass is 658 g/mol. The van der Waals surface area contributed by atoms with Gasteiger partial charge < -0.3 is 18.9 Å². The highest BCUT2D eigenvalue weighted by molar-refractivity contribution is 7.48. The number of hydrogen-bond acceptors (Lipinski definition) is 11. The zero-order valence-electron chi connectivity index (χ0n) is 25.8. The van der Waals surface area contributed by atoms with E-state index in [2.05, 4.69) is 0 Å². The first kappa shape index (κ1) is 34.9. The number of esters is 3. The maximum absolute atomic E-state index is 16.3. The van der Waals surface area contributed by atoms with Gasteiger partial charge in [0.05, 0.1) is 23.8 Å². The van der Waals surface area contributed by atoms with Crippen LogP contribution < -0.4 is 0 Å². The van der Waals surface area contributed by atoms with E-state index in [0.29, 0.717) is 5.56 Å². The molecular formula is C33H36FO11P. The summed E-state index contributed by atoms with van der Waals surface area (Å²) in [6.45, 7) is 5.19. The van der Waals surface area contributed by atoms with E-state index in [1.54, 1.807) is 87.5 Å². The maximum atomic E-state index is 16.3. The average molecular weight is 659 g/mol. The lowest BCUT2D eigenvalue weighted by Gasteiger charge is -2.41. The molecule has 0 saturated carbocycles. The Balaban J connectivity index is 1.58. The van der Waals surface area contributed by atoms with Gasteiger partial charge in [-0.1, -0.05) is 66.7 Å². The van der Waals surface area contributed by atoms with Crippen molar-refractivity contribution in [3.63, 3.8) is 0 Å². The molecule has 1 saturated heterocycles. The normalized spacial score (nSPS) is 22.7. The summed E-state index contributed by atoms with van der Waals surface area (Å²) in [5.41, 5.74) is -0.0167. The van der Waals surface area contributed by atoms with Crippen molar-refractivity contribution >= 4 is 25.7 Å². The van der Waals surface area contributed by atoms with Crippen LogP contribution in [0.15, 0.2) is 91.0 Å². The minimum atomic E-state index is -4.76. The fourth-order valence-electron chi connectivity index (χ4n) is 4.33. The number of rotatable bonds is 12. The lowest BCUT2D eigenvalue weighted by Crippen LogP contribution is -2.58. The fourth-order valence-corrected chi connectivity index (χ4v) is 5.52. The first-order valence-electron chi connectivity index (χ1n) is 14.5. The molecule has 1 aliphatic heterocycles. The number of carbonyl (C=O) groups excluding carboxylic acids is 3. The fraction of sp³-hybridized carbons (Fsp3) is 0.364. The van der Waals surface area contributed by atoms with E-state index in [-0.39, 0.29) is 17.7 Å². The van der Waals surface area contributed by atoms with Crippen molar-refractivity contribution in [2.24, 2.45) is 0 Å². The van der Waals surface area contributed by atoms with Gasteiger partial charge in [0.15, 0.2) is 25.0 Å². The number of phosphoric ester groups is 1. The van der Waals surface area contributed by atoms with Gasteiger partial charge in [-0.25, -0.2) is 23.3 Å². The summed E-state index contributed by atoms with van der Waals surface area (Å²) in [6.07, 6.45) is -8.73. The van der Waals surface area contributed by atoms with Gasteiger partial charge in [-0.05, 0) is 57.5 Å². The van der Waals surface area contributed by atoms with Crippen LogP contribution in [0.25, 0.3) is 0 Å². The molecule has 46 heavy (non-hydrogen) atoms. The summed E-state index contributed by atoms with van der Waals surface area (Å²) in [6, 6.07) is 24.3. The van der Waals surface area contributed by atoms with E-state index in [4.69, 9.17) is 32.5 Å². The first-order chi connectivity index (χ1) is 21.8. The van der Waals surface area contributed by atoms with Crippen LogP contribution in [0.1, 0.15) is 54.0 Å². The molecule has 4 rings (SSSR count). The Morgan fingerprint density at radius 2 is 1.28 bits per heavy atom. The molecular weight excluding hydrogens is 622 g/mol. The van der Waals surface area contributed by atoms with E-state index < -0.39 is 68.7 Å². The lowest BCUT2D eigenvalue weighted by molar-refractivity contribution is -0.255. The smallest absolute Gasteiger partial charge is 0.458 e. The minimum absolute atomic E-state index is 0.108. The Hall–Kier alpha value is -3.93. The maximum Gasteiger partial charge on any atom is 0.478 e. The van der Waals surface area contributed by atoms with Gasteiger partial charge in [0, 0.05) is 0 Å². The largest absolute Gasteiger partial charge is 0.478 e. The van der Waals surface area contributed by atoms with Crippen molar-refractivity contribution in [1.82, 2.24) is 0 Å². The van der Waals surface area contributed by atoms with Gasteiger partial charge >= 0.3 is 25.7 Å². The van der Waals surface area contributed by atoms with Crippen LogP contribution in [-0.4, -0.2) is 60.9 Å². The van der Waals surface area contributed by atoms with Gasteiger partial charge in [0.2, 0.25) is 6.29 Å². The molecule has 11 nitrogen and oxygen atoms in total. The number of carbonyl (C=O) groups is 3. The van der Waals surface area contributed by atoms with Crippen LogP contribution in [0, 0.1) is 0 Å². The van der Waals surface area contributed by atoms with Crippen LogP contribution >= 0.6 is 7.82 Å². The lowest BCUT2D eigenvalue weighted by atomic mass is 10.00. The van der Waals surface area contributed by atoms with E-state index in [9.17, 15) is 18.9 Å². The van der Waals surface area contributed by atoms with Crippen molar-refractivity contribution in [3.8, 4) is 0 Å². The molecule has 1 unspecified atom stereocenters. The summed E-state index contributed by atoms with van der Waals surface area (Å²) in [5, 5.41) is 0. The van der Waals surface area contributed by atoms with Crippen molar-refractivity contribution < 1.29 is 55.9 Å². The third-order valence-corrected chi connectivity index (χ3v) is 7.80. The number of benzene rings is 3. The molecule has 13 heteroatoms.